The maximum atomic E-state index is 12.8. The molecule has 30 heavy (non-hydrogen) atoms. The molecule has 8 heteroatoms. The topological polar surface area (TPSA) is 56.1 Å². The van der Waals surface area contributed by atoms with E-state index in [1.165, 1.54) is 19.1 Å². The van der Waals surface area contributed by atoms with E-state index in [0.29, 0.717) is 31.0 Å². The maximum Gasteiger partial charge on any atom is 0.416 e. The van der Waals surface area contributed by atoms with Gasteiger partial charge >= 0.3 is 6.18 Å². The molecule has 0 atom stereocenters. The zero-order valence-corrected chi connectivity index (χ0v) is 16.7. The molecule has 0 aliphatic rings. The summed E-state index contributed by atoms with van der Waals surface area (Å²) < 4.78 is 45.4. The normalized spacial score (nSPS) is 11.5. The minimum Gasteiger partial charge on any atom is -0.383 e. The number of hydrogen-bond acceptors (Lipinski definition) is 3. The SMILES string of the molecule is COCCn1ccc(-c2cc(-c3ccc(C(F)(F)F)cc3)ccc2CNC(C)=O)n1. The van der Waals surface area contributed by atoms with Gasteiger partial charge in [-0.05, 0) is 41.0 Å². The van der Waals surface area contributed by atoms with Gasteiger partial charge in [0.1, 0.15) is 0 Å². The van der Waals surface area contributed by atoms with Crippen molar-refractivity contribution in [1.29, 1.82) is 0 Å². The largest absolute Gasteiger partial charge is 0.416 e. The van der Waals surface area contributed by atoms with Crippen LogP contribution in [0.1, 0.15) is 18.1 Å². The Morgan fingerprint density at radius 2 is 1.80 bits per heavy atom. The summed E-state index contributed by atoms with van der Waals surface area (Å²) in [5.41, 5.74) is 3.10. The zero-order valence-electron chi connectivity index (χ0n) is 16.7. The highest BCUT2D eigenvalue weighted by atomic mass is 19.4. The van der Waals surface area contributed by atoms with Crippen molar-refractivity contribution in [3.8, 4) is 22.4 Å². The molecule has 1 aromatic heterocycles. The van der Waals surface area contributed by atoms with Gasteiger partial charge in [0.05, 0.1) is 24.4 Å². The van der Waals surface area contributed by atoms with E-state index >= 15 is 0 Å². The zero-order chi connectivity index (χ0) is 21.7. The van der Waals surface area contributed by atoms with Crippen molar-refractivity contribution < 1.29 is 22.7 Å². The highest BCUT2D eigenvalue weighted by Gasteiger charge is 2.30. The molecule has 0 aliphatic heterocycles. The van der Waals surface area contributed by atoms with Crippen LogP contribution in [0, 0.1) is 0 Å². The molecule has 0 bridgehead atoms. The summed E-state index contributed by atoms with van der Waals surface area (Å²) in [7, 11) is 1.61. The fraction of sp³-hybridized carbons (Fsp3) is 0.273. The second-order valence-corrected chi connectivity index (χ2v) is 6.81. The average Bonchev–Trinajstić information content (AvgIpc) is 3.19. The fourth-order valence-corrected chi connectivity index (χ4v) is 3.03. The van der Waals surface area contributed by atoms with E-state index in [2.05, 4.69) is 10.4 Å². The lowest BCUT2D eigenvalue weighted by Gasteiger charge is -2.12. The summed E-state index contributed by atoms with van der Waals surface area (Å²) in [5.74, 6) is -0.154. The standard InChI is InChI=1S/C22H22F3N3O2/c1-15(29)26-14-18-4-3-17(16-5-7-19(8-6-16)22(23,24)25)13-20(18)21-9-10-28(27-21)11-12-30-2/h3-10,13H,11-12,14H2,1-2H3,(H,26,29). The molecule has 0 spiro atoms. The first-order chi connectivity index (χ1) is 14.3. The van der Waals surface area contributed by atoms with Crippen LogP contribution in [0.3, 0.4) is 0 Å². The smallest absolute Gasteiger partial charge is 0.383 e. The molecular formula is C22H22F3N3O2. The second-order valence-electron chi connectivity index (χ2n) is 6.81. The molecule has 3 rings (SSSR count). The third-order valence-electron chi connectivity index (χ3n) is 4.62. The third kappa shape index (κ3) is 5.27. The van der Waals surface area contributed by atoms with Crippen LogP contribution in [0.15, 0.2) is 54.7 Å². The Morgan fingerprint density at radius 3 is 2.43 bits per heavy atom. The fourth-order valence-electron chi connectivity index (χ4n) is 3.03. The highest BCUT2D eigenvalue weighted by molar-refractivity contribution is 5.76. The summed E-state index contributed by atoms with van der Waals surface area (Å²) >= 11 is 0. The Balaban J connectivity index is 1.97. The second kappa shape index (κ2) is 9.13. The van der Waals surface area contributed by atoms with Gasteiger partial charge in [0.25, 0.3) is 0 Å². The highest BCUT2D eigenvalue weighted by Crippen LogP contribution is 2.33. The molecule has 0 saturated heterocycles. The van der Waals surface area contributed by atoms with E-state index < -0.39 is 11.7 Å². The average molecular weight is 417 g/mol. The number of benzene rings is 2. The van der Waals surface area contributed by atoms with Gasteiger partial charge in [-0.3, -0.25) is 9.48 Å². The van der Waals surface area contributed by atoms with Crippen molar-refractivity contribution >= 4 is 5.91 Å². The first-order valence-corrected chi connectivity index (χ1v) is 9.35. The molecule has 5 nitrogen and oxygen atoms in total. The minimum absolute atomic E-state index is 0.154. The number of rotatable bonds is 7. The van der Waals surface area contributed by atoms with E-state index in [-0.39, 0.29) is 5.91 Å². The summed E-state index contributed by atoms with van der Waals surface area (Å²) in [4.78, 5) is 11.4. The molecule has 1 N–H and O–H groups in total. The molecule has 1 heterocycles. The van der Waals surface area contributed by atoms with Crippen LogP contribution in [0.5, 0.6) is 0 Å². The predicted molar refractivity (Wildman–Crippen MR) is 107 cm³/mol. The van der Waals surface area contributed by atoms with E-state index in [1.807, 2.05) is 30.5 Å². The first-order valence-electron chi connectivity index (χ1n) is 9.35. The number of alkyl halides is 3. The summed E-state index contributed by atoms with van der Waals surface area (Å²) in [6.45, 7) is 2.88. The number of halogens is 3. The lowest BCUT2D eigenvalue weighted by atomic mass is 9.96. The van der Waals surface area contributed by atoms with Gasteiger partial charge in [-0.2, -0.15) is 18.3 Å². The van der Waals surface area contributed by atoms with Gasteiger partial charge in [0.2, 0.25) is 5.91 Å². The molecular weight excluding hydrogens is 395 g/mol. The maximum absolute atomic E-state index is 12.8. The van der Waals surface area contributed by atoms with Crippen LogP contribution in [-0.2, 0) is 28.8 Å². The van der Waals surface area contributed by atoms with Crippen molar-refractivity contribution in [2.24, 2.45) is 0 Å². The number of carbonyl (C=O) groups is 1. The molecule has 1 amide bonds. The summed E-state index contributed by atoms with van der Waals surface area (Å²) in [6.07, 6.45) is -2.54. The molecule has 2 aromatic carbocycles. The molecule has 0 saturated carbocycles. The molecule has 0 unspecified atom stereocenters. The minimum atomic E-state index is -4.37. The van der Waals surface area contributed by atoms with Gasteiger partial charge in [-0.15, -0.1) is 0 Å². The Bertz CT molecular complexity index is 1010. The van der Waals surface area contributed by atoms with E-state index in [9.17, 15) is 18.0 Å². The van der Waals surface area contributed by atoms with Crippen LogP contribution in [-0.4, -0.2) is 29.4 Å². The number of carbonyl (C=O) groups excluding carboxylic acids is 1. The Labute approximate surface area is 172 Å². The number of methoxy groups -OCH3 is 1. The third-order valence-corrected chi connectivity index (χ3v) is 4.62. The van der Waals surface area contributed by atoms with Crippen LogP contribution in [0.2, 0.25) is 0 Å². The van der Waals surface area contributed by atoms with Crippen molar-refractivity contribution in [3.63, 3.8) is 0 Å². The van der Waals surface area contributed by atoms with E-state index in [1.54, 1.807) is 11.8 Å². The number of nitrogens with zero attached hydrogens (tertiary/aromatic N) is 2. The van der Waals surface area contributed by atoms with Gasteiger partial charge in [0.15, 0.2) is 0 Å². The van der Waals surface area contributed by atoms with E-state index in [4.69, 9.17) is 4.74 Å². The summed E-state index contributed by atoms with van der Waals surface area (Å²) in [6, 6.07) is 12.5. The number of amides is 1. The van der Waals surface area contributed by atoms with Crippen LogP contribution in [0.25, 0.3) is 22.4 Å². The molecule has 0 aliphatic carbocycles. The molecule has 158 valence electrons. The van der Waals surface area contributed by atoms with Gasteiger partial charge < -0.3 is 10.1 Å². The first kappa shape index (κ1) is 21.6. The Hall–Kier alpha value is -3.13. The van der Waals surface area contributed by atoms with Gasteiger partial charge in [-0.25, -0.2) is 0 Å². The van der Waals surface area contributed by atoms with Crippen molar-refractivity contribution in [2.75, 3.05) is 13.7 Å². The predicted octanol–water partition coefficient (Wildman–Crippen LogP) is 4.52. The number of nitrogens with one attached hydrogen (secondary N) is 1. The lowest BCUT2D eigenvalue weighted by Crippen LogP contribution is -2.19. The van der Waals surface area contributed by atoms with Crippen molar-refractivity contribution in [2.45, 2.75) is 26.2 Å². The molecule has 3 aromatic rings. The molecule has 0 fully saturated rings. The van der Waals surface area contributed by atoms with Crippen LogP contribution in [0.4, 0.5) is 13.2 Å². The monoisotopic (exact) mass is 417 g/mol. The number of aromatic nitrogens is 2. The Morgan fingerprint density at radius 1 is 1.10 bits per heavy atom. The van der Waals surface area contributed by atoms with Crippen molar-refractivity contribution in [1.82, 2.24) is 15.1 Å². The number of hydrogen-bond donors (Lipinski definition) is 1. The summed E-state index contributed by atoms with van der Waals surface area (Å²) in [5, 5.41) is 7.34. The van der Waals surface area contributed by atoms with E-state index in [0.717, 1.165) is 28.8 Å². The van der Waals surface area contributed by atoms with Crippen LogP contribution >= 0.6 is 0 Å². The van der Waals surface area contributed by atoms with Gasteiger partial charge in [-0.1, -0.05) is 24.3 Å². The quantitative estimate of drug-likeness (QED) is 0.615. The van der Waals surface area contributed by atoms with Gasteiger partial charge in [0, 0.05) is 32.3 Å². The van der Waals surface area contributed by atoms with Crippen molar-refractivity contribution in [3.05, 3.63) is 65.9 Å². The lowest BCUT2D eigenvalue weighted by molar-refractivity contribution is -0.137. The van der Waals surface area contributed by atoms with Crippen LogP contribution < -0.4 is 5.32 Å². The molecule has 0 radical (unpaired) electrons. The number of ether oxygens (including phenoxy) is 1. The Kier molecular flexibility index (Phi) is 6.56.